The smallest absolute Gasteiger partial charge is 0.244 e. The maximum absolute atomic E-state index is 14.3. The van der Waals surface area contributed by atoms with E-state index in [-0.39, 0.29) is 36.4 Å². The first-order valence-corrected chi connectivity index (χ1v) is 16.3. The zero-order chi connectivity index (χ0) is 31.7. The van der Waals surface area contributed by atoms with E-state index in [1.807, 2.05) is 44.2 Å². The van der Waals surface area contributed by atoms with E-state index in [2.05, 4.69) is 5.32 Å². The molecule has 3 aromatic rings. The molecule has 0 aliphatic rings. The molecule has 0 unspecified atom stereocenters. The third-order valence-electron chi connectivity index (χ3n) is 7.00. The molecule has 2 amide bonds. The van der Waals surface area contributed by atoms with Gasteiger partial charge in [0.25, 0.3) is 0 Å². The standard InChI is InChI=1S/C31H37Cl2N3O6S/c1-6-21(2)34-31(38)27(17-22-11-8-7-9-12-22)35(19-24-25(32)13-10-14-26(24)33)30(37)20-36(43(5,39)40)23-15-16-28(41-3)29(18-23)42-4/h7-16,18,21,27H,6,17,19-20H2,1-5H3,(H,34,38)/t21-,27-/m1/s1. The molecule has 12 heteroatoms. The average Bonchev–Trinajstić information content (AvgIpc) is 2.98. The fraction of sp³-hybridized carbons (Fsp3) is 0.355. The minimum absolute atomic E-state index is 0.133. The van der Waals surface area contributed by atoms with Crippen molar-refractivity contribution in [3.8, 4) is 11.5 Å². The Bertz CT molecular complexity index is 1500. The molecule has 0 radical (unpaired) electrons. The number of nitrogens with one attached hydrogen (secondary N) is 1. The molecule has 0 saturated heterocycles. The summed E-state index contributed by atoms with van der Waals surface area (Å²) in [5.41, 5.74) is 1.44. The van der Waals surface area contributed by atoms with Gasteiger partial charge in [0, 0.05) is 40.7 Å². The van der Waals surface area contributed by atoms with Gasteiger partial charge in [0.2, 0.25) is 21.8 Å². The van der Waals surface area contributed by atoms with E-state index in [0.717, 1.165) is 16.1 Å². The molecule has 3 rings (SSSR count). The molecule has 0 aliphatic heterocycles. The third-order valence-corrected chi connectivity index (χ3v) is 8.85. The number of nitrogens with zero attached hydrogens (tertiary/aromatic N) is 2. The number of rotatable bonds is 14. The lowest BCUT2D eigenvalue weighted by molar-refractivity contribution is -0.140. The Labute approximate surface area is 263 Å². The van der Waals surface area contributed by atoms with E-state index < -0.39 is 28.5 Å². The van der Waals surface area contributed by atoms with E-state index in [1.165, 1.54) is 31.3 Å². The molecule has 0 aliphatic carbocycles. The van der Waals surface area contributed by atoms with Crippen LogP contribution in [0.15, 0.2) is 66.7 Å². The quantitative estimate of drug-likeness (QED) is 0.253. The van der Waals surface area contributed by atoms with Crippen LogP contribution in [0.4, 0.5) is 5.69 Å². The molecule has 232 valence electrons. The number of benzene rings is 3. The molecular formula is C31H37Cl2N3O6S. The predicted octanol–water partition coefficient (Wildman–Crippen LogP) is 5.33. The van der Waals surface area contributed by atoms with Crippen LogP contribution in [-0.2, 0) is 32.6 Å². The van der Waals surface area contributed by atoms with Gasteiger partial charge in [-0.2, -0.15) is 0 Å². The third kappa shape index (κ3) is 9.01. The summed E-state index contributed by atoms with van der Waals surface area (Å²) in [4.78, 5) is 29.4. The maximum atomic E-state index is 14.3. The number of carbonyl (C=O) groups excluding carboxylic acids is 2. The maximum Gasteiger partial charge on any atom is 0.244 e. The van der Waals surface area contributed by atoms with E-state index in [9.17, 15) is 18.0 Å². The van der Waals surface area contributed by atoms with Gasteiger partial charge in [0.1, 0.15) is 12.6 Å². The van der Waals surface area contributed by atoms with Crippen molar-refractivity contribution in [2.45, 2.75) is 45.3 Å². The summed E-state index contributed by atoms with van der Waals surface area (Å²) in [6.07, 6.45) is 1.85. The van der Waals surface area contributed by atoms with Gasteiger partial charge < -0.3 is 19.7 Å². The molecule has 0 aromatic heterocycles. The van der Waals surface area contributed by atoms with Crippen LogP contribution >= 0.6 is 23.2 Å². The molecule has 0 saturated carbocycles. The summed E-state index contributed by atoms with van der Waals surface area (Å²) in [6.45, 7) is 3.08. The molecule has 1 N–H and O–H groups in total. The molecule has 3 aromatic carbocycles. The van der Waals surface area contributed by atoms with Crippen molar-refractivity contribution in [3.05, 3.63) is 87.9 Å². The molecular weight excluding hydrogens is 613 g/mol. The summed E-state index contributed by atoms with van der Waals surface area (Å²) in [7, 11) is -1.08. The van der Waals surface area contributed by atoms with Crippen LogP contribution in [0.2, 0.25) is 10.0 Å². The van der Waals surface area contributed by atoms with Gasteiger partial charge >= 0.3 is 0 Å². The zero-order valence-corrected chi connectivity index (χ0v) is 27.2. The number of halogens is 2. The number of amides is 2. The van der Waals surface area contributed by atoms with E-state index >= 15 is 0 Å². The highest BCUT2D eigenvalue weighted by atomic mass is 35.5. The van der Waals surface area contributed by atoms with E-state index in [0.29, 0.717) is 27.8 Å². The first-order chi connectivity index (χ1) is 20.4. The van der Waals surface area contributed by atoms with Crippen molar-refractivity contribution in [2.75, 3.05) is 31.3 Å². The van der Waals surface area contributed by atoms with Gasteiger partial charge in [0.05, 0.1) is 26.2 Å². The van der Waals surface area contributed by atoms with Crippen LogP contribution in [-0.4, -0.2) is 64.2 Å². The molecule has 43 heavy (non-hydrogen) atoms. The SMILES string of the molecule is CC[C@@H](C)NC(=O)[C@@H](Cc1ccccc1)N(Cc1c(Cl)cccc1Cl)C(=O)CN(c1ccc(OC)c(OC)c1)S(C)(=O)=O. The normalized spacial score (nSPS) is 12.6. The Morgan fingerprint density at radius 1 is 0.930 bits per heavy atom. The summed E-state index contributed by atoms with van der Waals surface area (Å²) in [5.74, 6) is -0.329. The number of methoxy groups -OCH3 is 2. The van der Waals surface area contributed by atoms with Crippen molar-refractivity contribution in [3.63, 3.8) is 0 Å². The fourth-order valence-corrected chi connectivity index (χ4v) is 5.80. The Morgan fingerprint density at radius 2 is 1.56 bits per heavy atom. The molecule has 9 nitrogen and oxygen atoms in total. The van der Waals surface area contributed by atoms with Crippen molar-refractivity contribution in [1.29, 1.82) is 0 Å². The second-order valence-corrected chi connectivity index (χ2v) is 12.8. The van der Waals surface area contributed by atoms with Gasteiger partial charge in [-0.3, -0.25) is 13.9 Å². The second kappa shape index (κ2) is 15.3. The minimum Gasteiger partial charge on any atom is -0.493 e. The van der Waals surface area contributed by atoms with Crippen LogP contribution in [0.3, 0.4) is 0 Å². The lowest BCUT2D eigenvalue weighted by atomic mass is 10.0. The number of sulfonamides is 1. The molecule has 0 bridgehead atoms. The van der Waals surface area contributed by atoms with Crippen LogP contribution in [0, 0.1) is 0 Å². The molecule has 0 fully saturated rings. The largest absolute Gasteiger partial charge is 0.493 e. The molecule has 2 atom stereocenters. The highest BCUT2D eigenvalue weighted by Gasteiger charge is 2.34. The summed E-state index contributed by atoms with van der Waals surface area (Å²) >= 11 is 13.0. The highest BCUT2D eigenvalue weighted by molar-refractivity contribution is 7.92. The Hall–Kier alpha value is -3.47. The van der Waals surface area contributed by atoms with E-state index in [4.69, 9.17) is 32.7 Å². The first kappa shape index (κ1) is 34.0. The average molecular weight is 651 g/mol. The summed E-state index contributed by atoms with van der Waals surface area (Å²) < 4.78 is 37.7. The van der Waals surface area contributed by atoms with Crippen LogP contribution < -0.4 is 19.1 Å². The topological polar surface area (TPSA) is 105 Å². The first-order valence-electron chi connectivity index (χ1n) is 13.7. The number of hydrogen-bond acceptors (Lipinski definition) is 6. The summed E-state index contributed by atoms with van der Waals surface area (Å²) in [5, 5.41) is 3.60. The summed E-state index contributed by atoms with van der Waals surface area (Å²) in [6, 6.07) is 17.6. The Kier molecular flexibility index (Phi) is 12.1. The number of carbonyl (C=O) groups is 2. The van der Waals surface area contributed by atoms with Crippen LogP contribution in [0.5, 0.6) is 11.5 Å². The van der Waals surface area contributed by atoms with Crippen LogP contribution in [0.1, 0.15) is 31.4 Å². The van der Waals surface area contributed by atoms with Crippen molar-refractivity contribution in [2.24, 2.45) is 0 Å². The van der Waals surface area contributed by atoms with Crippen LogP contribution in [0.25, 0.3) is 0 Å². The second-order valence-electron chi connectivity index (χ2n) is 10.1. The number of ether oxygens (including phenoxy) is 2. The van der Waals surface area contributed by atoms with Gasteiger partial charge in [-0.05, 0) is 43.2 Å². The highest BCUT2D eigenvalue weighted by Crippen LogP contribution is 2.33. The lowest BCUT2D eigenvalue weighted by Crippen LogP contribution is -2.54. The van der Waals surface area contributed by atoms with Gasteiger partial charge in [-0.15, -0.1) is 0 Å². The minimum atomic E-state index is -3.97. The van der Waals surface area contributed by atoms with Crippen molar-refractivity contribution < 1.29 is 27.5 Å². The Morgan fingerprint density at radius 3 is 2.12 bits per heavy atom. The van der Waals surface area contributed by atoms with E-state index in [1.54, 1.807) is 24.3 Å². The zero-order valence-electron chi connectivity index (χ0n) is 24.8. The van der Waals surface area contributed by atoms with Crippen molar-refractivity contribution in [1.82, 2.24) is 10.2 Å². The molecule has 0 heterocycles. The predicted molar refractivity (Wildman–Crippen MR) is 171 cm³/mol. The van der Waals surface area contributed by atoms with Gasteiger partial charge in [0.15, 0.2) is 11.5 Å². The number of hydrogen-bond donors (Lipinski definition) is 1. The van der Waals surface area contributed by atoms with Gasteiger partial charge in [-0.1, -0.05) is 66.5 Å². The number of anilines is 1. The monoisotopic (exact) mass is 649 g/mol. The van der Waals surface area contributed by atoms with Gasteiger partial charge in [-0.25, -0.2) is 8.42 Å². The molecule has 0 spiro atoms. The van der Waals surface area contributed by atoms with Crippen molar-refractivity contribution >= 4 is 50.7 Å². The lowest BCUT2D eigenvalue weighted by Gasteiger charge is -2.34. The Balaban J connectivity index is 2.13. The fourth-order valence-electron chi connectivity index (χ4n) is 4.44.